The second kappa shape index (κ2) is 10.00. The Bertz CT molecular complexity index is 988. The topological polar surface area (TPSA) is 118 Å². The van der Waals surface area contributed by atoms with Gasteiger partial charge in [-0.05, 0) is 37.3 Å². The van der Waals surface area contributed by atoms with Gasteiger partial charge in [0.05, 0.1) is 19.4 Å². The summed E-state index contributed by atoms with van der Waals surface area (Å²) < 4.78 is 6.80. The summed E-state index contributed by atoms with van der Waals surface area (Å²) in [5, 5.41) is 0. The number of carbonyl (C=O) groups excluding carboxylic acids is 1. The summed E-state index contributed by atoms with van der Waals surface area (Å²) in [6.07, 6.45) is 5.26. The molecule has 9 nitrogen and oxygen atoms in total. The lowest BCUT2D eigenvalue weighted by atomic mass is 10.2. The fraction of sp³-hybridized carbons (Fsp3) is 0.591. The number of nitrogens with one attached hydrogen (secondary N) is 1. The standard InChI is InChI=1S/C22H33N5O4/c1-4-5-10-26(19-20(23)27(12-15(2)3)22(30)24-21(19)29)18(28)14-25(16-8-9-16)13-17-7-6-11-31-17/h6-7,11,15-16H,4-5,8-10,12-14,23H2,1-3H3,(H,24,29,30). The fourth-order valence-electron chi connectivity index (χ4n) is 3.68. The number of hydrogen-bond acceptors (Lipinski definition) is 6. The molecule has 0 spiro atoms. The minimum absolute atomic E-state index is 0.0379. The second-order valence-electron chi connectivity index (χ2n) is 8.61. The summed E-state index contributed by atoms with van der Waals surface area (Å²) in [4.78, 5) is 44.3. The first kappa shape index (κ1) is 22.9. The number of H-pyrrole nitrogens is 1. The van der Waals surface area contributed by atoms with Gasteiger partial charge in [-0.3, -0.25) is 24.0 Å². The van der Waals surface area contributed by atoms with Gasteiger partial charge in [0.15, 0.2) is 5.69 Å². The van der Waals surface area contributed by atoms with Gasteiger partial charge >= 0.3 is 5.69 Å². The van der Waals surface area contributed by atoms with Crippen LogP contribution in [0, 0.1) is 5.92 Å². The summed E-state index contributed by atoms with van der Waals surface area (Å²) in [7, 11) is 0. The molecule has 1 fully saturated rings. The molecule has 0 aliphatic heterocycles. The van der Waals surface area contributed by atoms with E-state index >= 15 is 0 Å². The van der Waals surface area contributed by atoms with Crippen LogP contribution in [-0.4, -0.2) is 39.5 Å². The normalized spacial score (nSPS) is 13.8. The highest BCUT2D eigenvalue weighted by Gasteiger charge is 2.33. The van der Waals surface area contributed by atoms with Crippen LogP contribution >= 0.6 is 0 Å². The molecule has 0 aromatic carbocycles. The number of nitrogens with zero attached hydrogens (tertiary/aromatic N) is 3. The Hall–Kier alpha value is -2.81. The molecule has 0 unspecified atom stereocenters. The Morgan fingerprint density at radius 2 is 2.10 bits per heavy atom. The Labute approximate surface area is 181 Å². The van der Waals surface area contributed by atoms with Crippen LogP contribution < -0.4 is 21.9 Å². The van der Waals surface area contributed by atoms with Gasteiger partial charge in [-0.2, -0.15) is 0 Å². The summed E-state index contributed by atoms with van der Waals surface area (Å²) >= 11 is 0. The van der Waals surface area contributed by atoms with E-state index in [-0.39, 0.29) is 29.9 Å². The van der Waals surface area contributed by atoms with Crippen molar-refractivity contribution in [2.75, 3.05) is 23.7 Å². The van der Waals surface area contributed by atoms with Crippen molar-refractivity contribution < 1.29 is 9.21 Å². The molecule has 0 saturated heterocycles. The number of nitrogen functional groups attached to an aromatic ring is 1. The van der Waals surface area contributed by atoms with Gasteiger partial charge in [0.1, 0.15) is 11.6 Å². The molecule has 1 aliphatic carbocycles. The van der Waals surface area contributed by atoms with Crippen LogP contribution in [0.1, 0.15) is 52.2 Å². The molecular formula is C22H33N5O4. The van der Waals surface area contributed by atoms with Crippen LogP contribution in [0.3, 0.4) is 0 Å². The zero-order valence-electron chi connectivity index (χ0n) is 18.6. The molecule has 1 saturated carbocycles. The van der Waals surface area contributed by atoms with Gasteiger partial charge in [0, 0.05) is 19.1 Å². The molecule has 2 aromatic heterocycles. The van der Waals surface area contributed by atoms with Gasteiger partial charge in [-0.1, -0.05) is 27.2 Å². The lowest BCUT2D eigenvalue weighted by Gasteiger charge is -2.28. The van der Waals surface area contributed by atoms with Crippen molar-refractivity contribution in [3.05, 3.63) is 45.0 Å². The molecule has 2 heterocycles. The average Bonchev–Trinajstić information content (AvgIpc) is 3.43. The Morgan fingerprint density at radius 1 is 1.35 bits per heavy atom. The smallest absolute Gasteiger partial charge is 0.330 e. The average molecular weight is 432 g/mol. The van der Waals surface area contributed by atoms with Crippen LogP contribution in [0.5, 0.6) is 0 Å². The lowest BCUT2D eigenvalue weighted by Crippen LogP contribution is -2.46. The van der Waals surface area contributed by atoms with E-state index in [9.17, 15) is 14.4 Å². The van der Waals surface area contributed by atoms with Gasteiger partial charge in [-0.25, -0.2) is 4.79 Å². The molecular weight excluding hydrogens is 398 g/mol. The van der Waals surface area contributed by atoms with Crippen LogP contribution in [-0.2, 0) is 17.9 Å². The number of amides is 1. The highest BCUT2D eigenvalue weighted by Crippen LogP contribution is 2.29. The van der Waals surface area contributed by atoms with Gasteiger partial charge in [0.25, 0.3) is 5.56 Å². The second-order valence-corrected chi connectivity index (χ2v) is 8.61. The first-order valence-electron chi connectivity index (χ1n) is 11.0. The van der Waals surface area contributed by atoms with E-state index in [4.69, 9.17) is 10.2 Å². The Balaban J connectivity index is 1.91. The van der Waals surface area contributed by atoms with E-state index in [0.717, 1.165) is 31.4 Å². The molecule has 0 atom stereocenters. The van der Waals surface area contributed by atoms with Gasteiger partial charge < -0.3 is 15.1 Å². The van der Waals surface area contributed by atoms with E-state index in [1.807, 2.05) is 32.9 Å². The highest BCUT2D eigenvalue weighted by molar-refractivity contribution is 5.96. The summed E-state index contributed by atoms with van der Waals surface area (Å²) in [5.74, 6) is 0.773. The van der Waals surface area contributed by atoms with Crippen LogP contribution in [0.15, 0.2) is 32.4 Å². The maximum atomic E-state index is 13.4. The van der Waals surface area contributed by atoms with E-state index in [1.54, 1.807) is 6.26 Å². The van der Waals surface area contributed by atoms with Crippen molar-refractivity contribution in [2.24, 2.45) is 5.92 Å². The van der Waals surface area contributed by atoms with Crippen molar-refractivity contribution >= 4 is 17.4 Å². The predicted octanol–water partition coefficient (Wildman–Crippen LogP) is 2.17. The number of hydrogen-bond donors (Lipinski definition) is 2. The van der Waals surface area contributed by atoms with Gasteiger partial charge in [-0.15, -0.1) is 0 Å². The highest BCUT2D eigenvalue weighted by atomic mass is 16.3. The first-order chi connectivity index (χ1) is 14.8. The number of aromatic nitrogens is 2. The number of nitrogens with two attached hydrogens (primary N) is 1. The van der Waals surface area contributed by atoms with Crippen molar-refractivity contribution in [2.45, 2.75) is 65.6 Å². The molecule has 1 amide bonds. The minimum Gasteiger partial charge on any atom is -0.468 e. The lowest BCUT2D eigenvalue weighted by molar-refractivity contribution is -0.120. The maximum Gasteiger partial charge on any atom is 0.330 e. The number of rotatable bonds is 11. The van der Waals surface area contributed by atoms with Crippen molar-refractivity contribution in [3.63, 3.8) is 0 Å². The number of anilines is 2. The Morgan fingerprint density at radius 3 is 2.68 bits per heavy atom. The predicted molar refractivity (Wildman–Crippen MR) is 120 cm³/mol. The summed E-state index contributed by atoms with van der Waals surface area (Å²) in [6.45, 7) is 7.33. The minimum atomic E-state index is -0.629. The van der Waals surface area contributed by atoms with Gasteiger partial charge in [0.2, 0.25) is 5.91 Å². The monoisotopic (exact) mass is 431 g/mol. The number of unbranched alkanes of at least 4 members (excludes halogenated alkanes) is 1. The Kier molecular flexibility index (Phi) is 7.37. The first-order valence-corrected chi connectivity index (χ1v) is 11.0. The quantitative estimate of drug-likeness (QED) is 0.563. The third-order valence-corrected chi connectivity index (χ3v) is 5.41. The van der Waals surface area contributed by atoms with Crippen LogP contribution in [0.2, 0.25) is 0 Å². The summed E-state index contributed by atoms with van der Waals surface area (Å²) in [6, 6.07) is 4.04. The molecule has 3 N–H and O–H groups in total. The SMILES string of the molecule is CCCCN(C(=O)CN(Cc1ccco1)C1CC1)c1c(N)n(CC(C)C)c(=O)[nH]c1=O. The molecule has 170 valence electrons. The molecule has 2 aromatic rings. The molecule has 0 radical (unpaired) electrons. The van der Waals surface area contributed by atoms with E-state index in [1.165, 1.54) is 9.47 Å². The molecule has 1 aliphatic rings. The molecule has 31 heavy (non-hydrogen) atoms. The third-order valence-electron chi connectivity index (χ3n) is 5.41. The zero-order chi connectivity index (χ0) is 22.5. The zero-order valence-corrected chi connectivity index (χ0v) is 18.6. The largest absolute Gasteiger partial charge is 0.468 e. The van der Waals surface area contributed by atoms with Crippen molar-refractivity contribution in [1.82, 2.24) is 14.5 Å². The number of furan rings is 1. The van der Waals surface area contributed by atoms with E-state index < -0.39 is 11.2 Å². The van der Waals surface area contributed by atoms with E-state index in [2.05, 4.69) is 9.88 Å². The molecule has 0 bridgehead atoms. The number of aromatic amines is 1. The van der Waals surface area contributed by atoms with Crippen molar-refractivity contribution in [1.29, 1.82) is 0 Å². The molecule has 9 heteroatoms. The maximum absolute atomic E-state index is 13.4. The molecule has 3 rings (SSSR count). The van der Waals surface area contributed by atoms with E-state index in [0.29, 0.717) is 25.7 Å². The van der Waals surface area contributed by atoms with Crippen LogP contribution in [0.4, 0.5) is 11.5 Å². The number of carbonyl (C=O) groups is 1. The van der Waals surface area contributed by atoms with Crippen molar-refractivity contribution in [3.8, 4) is 0 Å². The summed E-state index contributed by atoms with van der Waals surface area (Å²) in [5.41, 5.74) is 5.16. The fourth-order valence-corrected chi connectivity index (χ4v) is 3.68. The van der Waals surface area contributed by atoms with Crippen LogP contribution in [0.25, 0.3) is 0 Å². The third kappa shape index (κ3) is 5.66.